The van der Waals surface area contributed by atoms with Gasteiger partial charge in [-0.25, -0.2) is 0 Å². The molecule has 1 aliphatic carbocycles. The third-order valence-electron chi connectivity index (χ3n) is 3.05. The van der Waals surface area contributed by atoms with Crippen LogP contribution in [0.4, 0.5) is 13.2 Å². The molecule has 0 amide bonds. The van der Waals surface area contributed by atoms with E-state index >= 15 is 0 Å². The molecule has 1 aliphatic rings. The first-order valence-corrected chi connectivity index (χ1v) is 4.72. The Morgan fingerprint density at radius 1 is 1.50 bits per heavy atom. The van der Waals surface area contributed by atoms with Crippen LogP contribution in [0.2, 0.25) is 0 Å². The van der Waals surface area contributed by atoms with Crippen LogP contribution in [0.15, 0.2) is 6.20 Å². The van der Waals surface area contributed by atoms with Crippen LogP contribution >= 0.6 is 0 Å². The van der Waals surface area contributed by atoms with Crippen molar-refractivity contribution < 1.29 is 23.1 Å². The first kappa shape index (κ1) is 11.0. The molecule has 0 atom stereocenters. The van der Waals surface area contributed by atoms with Crippen molar-refractivity contribution in [1.29, 1.82) is 0 Å². The van der Waals surface area contributed by atoms with E-state index in [9.17, 15) is 18.0 Å². The van der Waals surface area contributed by atoms with Crippen molar-refractivity contribution in [3.05, 3.63) is 17.5 Å². The smallest absolute Gasteiger partial charge is 0.433 e. The number of aromatic amines is 1. The summed E-state index contributed by atoms with van der Waals surface area (Å²) in [5.41, 5.74) is -2.70. The van der Waals surface area contributed by atoms with Crippen molar-refractivity contribution in [2.45, 2.75) is 30.9 Å². The molecule has 0 unspecified atom stereocenters. The Hall–Kier alpha value is -1.53. The van der Waals surface area contributed by atoms with Crippen molar-refractivity contribution in [3.63, 3.8) is 0 Å². The molecule has 88 valence electrons. The number of carboxylic acids is 1. The summed E-state index contributed by atoms with van der Waals surface area (Å²) < 4.78 is 37.7. The molecule has 0 aromatic carbocycles. The lowest BCUT2D eigenvalue weighted by molar-refractivity contribution is -0.150. The van der Waals surface area contributed by atoms with E-state index in [0.717, 1.165) is 6.20 Å². The zero-order chi connectivity index (χ0) is 12.0. The highest BCUT2D eigenvalue weighted by Crippen LogP contribution is 2.47. The zero-order valence-electron chi connectivity index (χ0n) is 8.14. The number of hydrogen-bond donors (Lipinski definition) is 2. The van der Waals surface area contributed by atoms with E-state index in [1.165, 1.54) is 0 Å². The van der Waals surface area contributed by atoms with E-state index < -0.39 is 23.3 Å². The summed E-state index contributed by atoms with van der Waals surface area (Å²) in [5.74, 6) is -1.22. The average Bonchev–Trinajstić information content (AvgIpc) is 2.48. The number of rotatable bonds is 2. The minimum Gasteiger partial charge on any atom is -0.481 e. The van der Waals surface area contributed by atoms with Gasteiger partial charge in [0.15, 0.2) is 0 Å². The number of alkyl halides is 3. The van der Waals surface area contributed by atoms with Crippen LogP contribution in [0, 0.1) is 0 Å². The molecule has 16 heavy (non-hydrogen) atoms. The summed E-state index contributed by atoms with van der Waals surface area (Å²) in [5, 5.41) is 14.2. The third kappa shape index (κ3) is 1.38. The third-order valence-corrected chi connectivity index (χ3v) is 3.05. The number of aromatic nitrogens is 2. The second-order valence-corrected chi connectivity index (χ2v) is 3.90. The van der Waals surface area contributed by atoms with Crippen molar-refractivity contribution in [2.75, 3.05) is 0 Å². The van der Waals surface area contributed by atoms with Gasteiger partial charge in [0.05, 0.1) is 11.6 Å². The Morgan fingerprint density at radius 2 is 2.12 bits per heavy atom. The predicted molar refractivity (Wildman–Crippen MR) is 46.8 cm³/mol. The standard InChI is InChI=1S/C9H9F3N2O2/c10-9(11,12)6-5(4-13-14-6)8(7(15)16)2-1-3-8/h4H,1-3H2,(H,13,14)(H,15,16). The van der Waals surface area contributed by atoms with Crippen molar-refractivity contribution >= 4 is 5.97 Å². The van der Waals surface area contributed by atoms with Gasteiger partial charge >= 0.3 is 12.1 Å². The Balaban J connectivity index is 2.48. The second kappa shape index (κ2) is 3.23. The fourth-order valence-corrected chi connectivity index (χ4v) is 1.99. The number of nitrogens with one attached hydrogen (secondary N) is 1. The van der Waals surface area contributed by atoms with Crippen LogP contribution in [-0.2, 0) is 16.4 Å². The number of nitrogens with zero attached hydrogens (tertiary/aromatic N) is 1. The van der Waals surface area contributed by atoms with Gasteiger partial charge in [0.2, 0.25) is 0 Å². The van der Waals surface area contributed by atoms with E-state index in [4.69, 9.17) is 5.11 Å². The minimum atomic E-state index is -4.59. The number of hydrogen-bond acceptors (Lipinski definition) is 2. The number of aliphatic carboxylic acids is 1. The number of carboxylic acid groups (broad SMARTS) is 1. The fraction of sp³-hybridized carbons (Fsp3) is 0.556. The van der Waals surface area contributed by atoms with Gasteiger partial charge in [0.1, 0.15) is 5.69 Å². The van der Waals surface area contributed by atoms with E-state index in [-0.39, 0.29) is 18.4 Å². The predicted octanol–water partition coefficient (Wildman–Crippen LogP) is 1.93. The summed E-state index contributed by atoms with van der Waals surface area (Å²) in [6, 6.07) is 0. The molecule has 2 N–H and O–H groups in total. The van der Waals surface area contributed by atoms with Crippen molar-refractivity contribution in [2.24, 2.45) is 0 Å². The van der Waals surface area contributed by atoms with Gasteiger partial charge in [-0.2, -0.15) is 18.3 Å². The van der Waals surface area contributed by atoms with Crippen molar-refractivity contribution in [3.8, 4) is 0 Å². The number of carbonyl (C=O) groups is 1. The molecule has 0 radical (unpaired) electrons. The van der Waals surface area contributed by atoms with E-state index in [0.29, 0.717) is 6.42 Å². The lowest BCUT2D eigenvalue weighted by atomic mass is 9.64. The number of halogens is 3. The molecule has 0 spiro atoms. The molecular formula is C9H9F3N2O2. The highest BCUT2D eigenvalue weighted by molar-refractivity contribution is 5.83. The molecule has 0 bridgehead atoms. The second-order valence-electron chi connectivity index (χ2n) is 3.90. The highest BCUT2D eigenvalue weighted by Gasteiger charge is 2.51. The first-order valence-electron chi connectivity index (χ1n) is 4.72. The van der Waals surface area contributed by atoms with Crippen molar-refractivity contribution in [1.82, 2.24) is 10.2 Å². The fourth-order valence-electron chi connectivity index (χ4n) is 1.99. The molecule has 7 heteroatoms. The topological polar surface area (TPSA) is 66.0 Å². The SMILES string of the molecule is O=C(O)C1(c2cn[nH]c2C(F)(F)F)CCC1. The van der Waals surface area contributed by atoms with Gasteiger partial charge in [0.25, 0.3) is 0 Å². The normalized spacial score (nSPS) is 19.2. The Kier molecular flexibility index (Phi) is 2.21. The van der Waals surface area contributed by atoms with Gasteiger partial charge in [-0.1, -0.05) is 6.42 Å². The lowest BCUT2D eigenvalue weighted by Crippen LogP contribution is -2.43. The summed E-state index contributed by atoms with van der Waals surface area (Å²) >= 11 is 0. The van der Waals surface area contributed by atoms with Gasteiger partial charge in [-0.3, -0.25) is 9.89 Å². The first-order chi connectivity index (χ1) is 7.38. The maximum absolute atomic E-state index is 12.6. The lowest BCUT2D eigenvalue weighted by Gasteiger charge is -2.37. The highest BCUT2D eigenvalue weighted by atomic mass is 19.4. The molecule has 0 aliphatic heterocycles. The zero-order valence-corrected chi connectivity index (χ0v) is 8.14. The molecule has 4 nitrogen and oxygen atoms in total. The van der Waals surface area contributed by atoms with E-state index in [1.807, 2.05) is 5.10 Å². The molecule has 0 saturated heterocycles. The maximum Gasteiger partial charge on any atom is 0.433 e. The monoisotopic (exact) mass is 234 g/mol. The quantitative estimate of drug-likeness (QED) is 0.821. The average molecular weight is 234 g/mol. The van der Waals surface area contributed by atoms with Crippen LogP contribution in [0.5, 0.6) is 0 Å². The molecule has 1 fully saturated rings. The minimum absolute atomic E-state index is 0.227. The van der Waals surface area contributed by atoms with Crippen LogP contribution in [0.1, 0.15) is 30.5 Å². The molecule has 1 heterocycles. The summed E-state index contributed by atoms with van der Waals surface area (Å²) in [6.07, 6.45) is -2.55. The Morgan fingerprint density at radius 3 is 2.50 bits per heavy atom. The van der Waals surface area contributed by atoms with E-state index in [1.54, 1.807) is 0 Å². The van der Waals surface area contributed by atoms with Crippen LogP contribution in [0.25, 0.3) is 0 Å². The molecular weight excluding hydrogens is 225 g/mol. The molecule has 1 aromatic rings. The van der Waals surface area contributed by atoms with Gasteiger partial charge in [-0.05, 0) is 12.8 Å². The molecule has 2 rings (SSSR count). The van der Waals surface area contributed by atoms with Crippen LogP contribution in [0.3, 0.4) is 0 Å². The van der Waals surface area contributed by atoms with Gasteiger partial charge < -0.3 is 5.11 Å². The largest absolute Gasteiger partial charge is 0.481 e. The summed E-state index contributed by atoms with van der Waals surface area (Å²) in [4.78, 5) is 11.1. The molecule has 1 saturated carbocycles. The van der Waals surface area contributed by atoms with Crippen LogP contribution < -0.4 is 0 Å². The Labute approximate surface area is 88.5 Å². The van der Waals surface area contributed by atoms with Crippen LogP contribution in [-0.4, -0.2) is 21.3 Å². The maximum atomic E-state index is 12.6. The summed E-state index contributed by atoms with van der Waals surface area (Å²) in [6.45, 7) is 0. The molecule has 1 aromatic heterocycles. The van der Waals surface area contributed by atoms with Gasteiger partial charge in [-0.15, -0.1) is 0 Å². The Bertz CT molecular complexity index is 421. The van der Waals surface area contributed by atoms with E-state index in [2.05, 4.69) is 5.10 Å². The van der Waals surface area contributed by atoms with Gasteiger partial charge in [0, 0.05) is 5.56 Å². The summed E-state index contributed by atoms with van der Waals surface area (Å²) in [7, 11) is 0. The number of H-pyrrole nitrogens is 1.